The first kappa shape index (κ1) is 16.0. The van der Waals surface area contributed by atoms with Gasteiger partial charge in [-0.15, -0.1) is 0 Å². The standard InChI is InChI=1S/C12H14ClIN2O3/c1-6(11(17)18)7(2)15-12(19)16-10-4-3-8(13)5-9(10)14/h3-7H,1-2H3,(H,17,18)(H2,15,16,19). The number of hydrogen-bond donors (Lipinski definition) is 3. The van der Waals surface area contributed by atoms with Gasteiger partial charge in [-0.2, -0.15) is 0 Å². The molecule has 0 aliphatic heterocycles. The Morgan fingerprint density at radius 3 is 2.53 bits per heavy atom. The van der Waals surface area contributed by atoms with E-state index in [1.54, 1.807) is 32.0 Å². The quantitative estimate of drug-likeness (QED) is 0.684. The lowest BCUT2D eigenvalue weighted by molar-refractivity contribution is -0.141. The summed E-state index contributed by atoms with van der Waals surface area (Å²) in [5.74, 6) is -1.61. The molecule has 2 unspecified atom stereocenters. The Morgan fingerprint density at radius 2 is 2.00 bits per heavy atom. The van der Waals surface area contributed by atoms with E-state index in [-0.39, 0.29) is 0 Å². The topological polar surface area (TPSA) is 78.4 Å². The number of carboxylic acid groups (broad SMARTS) is 1. The lowest BCUT2D eigenvalue weighted by Gasteiger charge is -2.18. The average molecular weight is 397 g/mol. The summed E-state index contributed by atoms with van der Waals surface area (Å²) in [7, 11) is 0. The fourth-order valence-electron chi connectivity index (χ4n) is 1.29. The van der Waals surface area contributed by atoms with Gasteiger partial charge in [0.15, 0.2) is 0 Å². The number of urea groups is 1. The number of rotatable bonds is 4. The highest BCUT2D eigenvalue weighted by Gasteiger charge is 2.21. The van der Waals surface area contributed by atoms with Gasteiger partial charge in [-0.25, -0.2) is 4.79 Å². The molecule has 0 heterocycles. The lowest BCUT2D eigenvalue weighted by Crippen LogP contribution is -2.42. The smallest absolute Gasteiger partial charge is 0.319 e. The minimum absolute atomic E-state index is 0.444. The molecule has 0 aliphatic carbocycles. The molecule has 5 nitrogen and oxygen atoms in total. The molecule has 0 saturated carbocycles. The molecule has 0 aliphatic rings. The Morgan fingerprint density at radius 1 is 1.37 bits per heavy atom. The molecule has 0 saturated heterocycles. The molecule has 2 atom stereocenters. The summed E-state index contributed by atoms with van der Waals surface area (Å²) >= 11 is 7.87. The molecule has 2 amide bonds. The van der Waals surface area contributed by atoms with Crippen molar-refractivity contribution in [3.05, 3.63) is 26.8 Å². The first-order valence-corrected chi connectivity index (χ1v) is 7.02. The second-order valence-electron chi connectivity index (χ2n) is 4.14. The van der Waals surface area contributed by atoms with E-state index in [0.717, 1.165) is 3.57 Å². The molecule has 0 bridgehead atoms. The van der Waals surface area contributed by atoms with Gasteiger partial charge >= 0.3 is 12.0 Å². The molecule has 0 aromatic heterocycles. The Labute approximate surface area is 129 Å². The van der Waals surface area contributed by atoms with Gasteiger partial charge in [0.1, 0.15) is 0 Å². The molecule has 0 radical (unpaired) electrons. The van der Waals surface area contributed by atoms with E-state index in [2.05, 4.69) is 33.2 Å². The summed E-state index contributed by atoms with van der Waals surface area (Å²) in [6.45, 7) is 3.19. The van der Waals surface area contributed by atoms with Crippen molar-refractivity contribution in [1.29, 1.82) is 0 Å². The Kier molecular flexibility index (Phi) is 5.86. The van der Waals surface area contributed by atoms with Gasteiger partial charge in [0, 0.05) is 14.6 Å². The minimum Gasteiger partial charge on any atom is -0.481 e. The van der Waals surface area contributed by atoms with Crippen molar-refractivity contribution < 1.29 is 14.7 Å². The number of hydrogen-bond acceptors (Lipinski definition) is 2. The third-order valence-corrected chi connectivity index (χ3v) is 3.81. The van der Waals surface area contributed by atoms with Crippen molar-refractivity contribution >= 4 is 51.9 Å². The van der Waals surface area contributed by atoms with E-state index in [1.165, 1.54) is 0 Å². The molecular formula is C12H14ClIN2O3. The Balaban J connectivity index is 2.63. The minimum atomic E-state index is -0.950. The van der Waals surface area contributed by atoms with E-state index in [9.17, 15) is 9.59 Å². The van der Waals surface area contributed by atoms with Crippen LogP contribution in [0.3, 0.4) is 0 Å². The SMILES string of the molecule is CC(NC(=O)Nc1ccc(Cl)cc1I)C(C)C(=O)O. The van der Waals surface area contributed by atoms with Gasteiger partial charge in [0.2, 0.25) is 0 Å². The molecule has 104 valence electrons. The fraction of sp³-hybridized carbons (Fsp3) is 0.333. The number of amides is 2. The fourth-order valence-corrected chi connectivity index (χ4v) is 2.30. The zero-order chi connectivity index (χ0) is 14.6. The van der Waals surface area contributed by atoms with Crippen LogP contribution in [0.15, 0.2) is 18.2 Å². The number of carbonyl (C=O) groups excluding carboxylic acids is 1. The summed E-state index contributed by atoms with van der Waals surface area (Å²) in [4.78, 5) is 22.5. The van der Waals surface area contributed by atoms with Crippen LogP contribution < -0.4 is 10.6 Å². The molecule has 0 fully saturated rings. The van der Waals surface area contributed by atoms with E-state index in [4.69, 9.17) is 16.7 Å². The number of benzene rings is 1. The van der Waals surface area contributed by atoms with Crippen LogP contribution in [-0.4, -0.2) is 23.1 Å². The number of aliphatic carboxylic acids is 1. The normalized spacial score (nSPS) is 13.5. The van der Waals surface area contributed by atoms with Crippen molar-refractivity contribution in [1.82, 2.24) is 5.32 Å². The molecule has 1 aromatic carbocycles. The van der Waals surface area contributed by atoms with Crippen LogP contribution in [0.5, 0.6) is 0 Å². The highest BCUT2D eigenvalue weighted by molar-refractivity contribution is 14.1. The number of nitrogens with one attached hydrogen (secondary N) is 2. The predicted molar refractivity (Wildman–Crippen MR) is 82.6 cm³/mol. The molecule has 1 aromatic rings. The number of carboxylic acids is 1. The molecule has 19 heavy (non-hydrogen) atoms. The monoisotopic (exact) mass is 396 g/mol. The van der Waals surface area contributed by atoms with Gasteiger partial charge in [-0.05, 0) is 54.6 Å². The van der Waals surface area contributed by atoms with Crippen LogP contribution >= 0.6 is 34.2 Å². The maximum atomic E-state index is 11.7. The second kappa shape index (κ2) is 6.95. The van der Waals surface area contributed by atoms with Crippen molar-refractivity contribution in [2.75, 3.05) is 5.32 Å². The van der Waals surface area contributed by atoms with Crippen LogP contribution in [-0.2, 0) is 4.79 Å². The summed E-state index contributed by atoms with van der Waals surface area (Å²) in [5, 5.41) is 14.7. The first-order chi connectivity index (χ1) is 8.81. The summed E-state index contributed by atoms with van der Waals surface area (Å²) in [6.07, 6.45) is 0. The van der Waals surface area contributed by atoms with Gasteiger partial charge in [-0.3, -0.25) is 4.79 Å². The van der Waals surface area contributed by atoms with Crippen molar-refractivity contribution in [3.63, 3.8) is 0 Å². The zero-order valence-electron chi connectivity index (χ0n) is 10.4. The van der Waals surface area contributed by atoms with Gasteiger partial charge < -0.3 is 15.7 Å². The van der Waals surface area contributed by atoms with Gasteiger partial charge in [-0.1, -0.05) is 11.6 Å². The average Bonchev–Trinajstić information content (AvgIpc) is 2.31. The molecular weight excluding hydrogens is 383 g/mol. The Bertz CT molecular complexity index is 496. The predicted octanol–water partition coefficient (Wildman–Crippen LogP) is 3.18. The van der Waals surface area contributed by atoms with E-state index >= 15 is 0 Å². The van der Waals surface area contributed by atoms with E-state index in [0.29, 0.717) is 10.7 Å². The highest BCUT2D eigenvalue weighted by atomic mass is 127. The molecule has 0 spiro atoms. The second-order valence-corrected chi connectivity index (χ2v) is 5.74. The lowest BCUT2D eigenvalue weighted by atomic mass is 10.0. The van der Waals surface area contributed by atoms with E-state index in [1.807, 2.05) is 0 Å². The highest BCUT2D eigenvalue weighted by Crippen LogP contribution is 2.22. The van der Waals surface area contributed by atoms with Crippen molar-refractivity contribution in [3.8, 4) is 0 Å². The van der Waals surface area contributed by atoms with Gasteiger partial charge in [0.25, 0.3) is 0 Å². The van der Waals surface area contributed by atoms with Crippen LogP contribution in [0.1, 0.15) is 13.8 Å². The van der Waals surface area contributed by atoms with Crippen molar-refractivity contribution in [2.45, 2.75) is 19.9 Å². The third-order valence-electron chi connectivity index (χ3n) is 2.68. The van der Waals surface area contributed by atoms with Crippen LogP contribution in [0.25, 0.3) is 0 Å². The maximum absolute atomic E-state index is 11.7. The summed E-state index contributed by atoms with van der Waals surface area (Å²) in [6, 6.07) is 4.17. The summed E-state index contributed by atoms with van der Waals surface area (Å²) in [5.41, 5.74) is 0.623. The number of anilines is 1. The van der Waals surface area contributed by atoms with Crippen molar-refractivity contribution in [2.24, 2.45) is 5.92 Å². The Hall–Kier alpha value is -1.02. The van der Waals surface area contributed by atoms with Crippen LogP contribution in [0, 0.1) is 9.49 Å². The maximum Gasteiger partial charge on any atom is 0.319 e. The third kappa shape index (κ3) is 4.87. The van der Waals surface area contributed by atoms with E-state index < -0.39 is 24.0 Å². The molecule has 7 heteroatoms. The number of halogens is 2. The summed E-state index contributed by atoms with van der Waals surface area (Å²) < 4.78 is 0.805. The number of carbonyl (C=O) groups is 2. The van der Waals surface area contributed by atoms with Crippen LogP contribution in [0.4, 0.5) is 10.5 Å². The van der Waals surface area contributed by atoms with Crippen LogP contribution in [0.2, 0.25) is 5.02 Å². The largest absolute Gasteiger partial charge is 0.481 e. The molecule has 1 rings (SSSR count). The zero-order valence-corrected chi connectivity index (χ0v) is 13.3. The molecule has 3 N–H and O–H groups in total. The van der Waals surface area contributed by atoms with Gasteiger partial charge in [0.05, 0.1) is 11.6 Å². The first-order valence-electron chi connectivity index (χ1n) is 5.56.